The van der Waals surface area contributed by atoms with Gasteiger partial charge in [0.25, 0.3) is 0 Å². The molecule has 0 radical (unpaired) electrons. The molecule has 2 aromatic rings. The van der Waals surface area contributed by atoms with E-state index >= 15 is 0 Å². The molecule has 4 rings (SSSR count). The molecule has 1 amide bonds. The Hall–Kier alpha value is -2.20. The van der Waals surface area contributed by atoms with Gasteiger partial charge in [-0.05, 0) is 24.3 Å². The average Bonchev–Trinajstić information content (AvgIpc) is 3.15. The van der Waals surface area contributed by atoms with Crippen molar-refractivity contribution in [1.29, 1.82) is 0 Å². The van der Waals surface area contributed by atoms with Crippen LogP contribution in [0.2, 0.25) is 5.02 Å². The zero-order chi connectivity index (χ0) is 15.8. The van der Waals surface area contributed by atoms with Crippen LogP contribution in [0.15, 0.2) is 30.3 Å². The molecule has 0 saturated heterocycles. The minimum atomic E-state index is -0.0785. The van der Waals surface area contributed by atoms with Crippen molar-refractivity contribution < 1.29 is 14.3 Å². The first kappa shape index (κ1) is 14.4. The Balaban J connectivity index is 1.60. The third kappa shape index (κ3) is 2.75. The zero-order valence-electron chi connectivity index (χ0n) is 12.5. The summed E-state index contributed by atoms with van der Waals surface area (Å²) >= 11 is 5.95. The van der Waals surface area contributed by atoms with Crippen molar-refractivity contribution in [2.45, 2.75) is 19.3 Å². The van der Waals surface area contributed by atoms with E-state index in [0.29, 0.717) is 23.9 Å². The van der Waals surface area contributed by atoms with Gasteiger partial charge < -0.3 is 14.8 Å². The highest BCUT2D eigenvalue weighted by atomic mass is 35.5. The van der Waals surface area contributed by atoms with Crippen molar-refractivity contribution in [2.75, 3.05) is 18.5 Å². The van der Waals surface area contributed by atoms with Crippen LogP contribution >= 0.6 is 11.6 Å². The van der Waals surface area contributed by atoms with Gasteiger partial charge in [0.2, 0.25) is 5.91 Å². The van der Waals surface area contributed by atoms with Crippen LogP contribution in [0.1, 0.15) is 16.7 Å². The zero-order valence-corrected chi connectivity index (χ0v) is 13.3. The van der Waals surface area contributed by atoms with Crippen LogP contribution in [0.4, 0.5) is 5.69 Å². The van der Waals surface area contributed by atoms with Crippen molar-refractivity contribution in [3.63, 3.8) is 0 Å². The highest BCUT2D eigenvalue weighted by molar-refractivity contribution is 6.30. The highest BCUT2D eigenvalue weighted by Gasteiger charge is 2.27. The summed E-state index contributed by atoms with van der Waals surface area (Å²) in [5.41, 5.74) is 3.90. The molecule has 0 spiro atoms. The molecule has 23 heavy (non-hydrogen) atoms. The fourth-order valence-electron chi connectivity index (χ4n) is 3.20. The summed E-state index contributed by atoms with van der Waals surface area (Å²) in [4.78, 5) is 12.4. The standard InChI is InChI=1S/C18H16ClNO3/c19-12-2-1-3-13(9-12)20-17(21)10-15-14-5-7-22-16(14)8-11-4-6-23-18(11)15/h1-3,8-9H,4-7,10H2,(H,20,21). The highest BCUT2D eigenvalue weighted by Crippen LogP contribution is 2.40. The minimum absolute atomic E-state index is 0.0785. The van der Waals surface area contributed by atoms with E-state index in [0.717, 1.165) is 41.0 Å². The molecule has 2 aliphatic rings. The summed E-state index contributed by atoms with van der Waals surface area (Å²) in [7, 11) is 0. The summed E-state index contributed by atoms with van der Waals surface area (Å²) in [6, 6.07) is 9.21. The lowest BCUT2D eigenvalue weighted by molar-refractivity contribution is -0.115. The molecule has 2 aromatic carbocycles. The summed E-state index contributed by atoms with van der Waals surface area (Å²) in [6.45, 7) is 1.34. The summed E-state index contributed by atoms with van der Waals surface area (Å²) < 4.78 is 11.4. The molecule has 0 atom stereocenters. The molecule has 0 unspecified atom stereocenters. The Morgan fingerprint density at radius 3 is 2.91 bits per heavy atom. The lowest BCUT2D eigenvalue weighted by atomic mass is 9.97. The van der Waals surface area contributed by atoms with Crippen molar-refractivity contribution in [1.82, 2.24) is 0 Å². The van der Waals surface area contributed by atoms with Crippen LogP contribution in [-0.2, 0) is 24.1 Å². The van der Waals surface area contributed by atoms with Crippen LogP contribution in [-0.4, -0.2) is 19.1 Å². The van der Waals surface area contributed by atoms with E-state index in [-0.39, 0.29) is 12.3 Å². The summed E-state index contributed by atoms with van der Waals surface area (Å²) in [5, 5.41) is 3.49. The number of anilines is 1. The van der Waals surface area contributed by atoms with Gasteiger partial charge in [-0.25, -0.2) is 0 Å². The topological polar surface area (TPSA) is 47.6 Å². The van der Waals surface area contributed by atoms with Gasteiger partial charge in [-0.1, -0.05) is 17.7 Å². The molecule has 5 heteroatoms. The van der Waals surface area contributed by atoms with E-state index in [9.17, 15) is 4.79 Å². The average molecular weight is 330 g/mol. The molecule has 0 saturated carbocycles. The first-order chi connectivity index (χ1) is 11.2. The predicted molar refractivity (Wildman–Crippen MR) is 88.6 cm³/mol. The smallest absolute Gasteiger partial charge is 0.228 e. The minimum Gasteiger partial charge on any atom is -0.493 e. The number of benzene rings is 2. The Morgan fingerprint density at radius 2 is 2.04 bits per heavy atom. The molecule has 2 aliphatic heterocycles. The Morgan fingerprint density at radius 1 is 1.17 bits per heavy atom. The van der Waals surface area contributed by atoms with Crippen molar-refractivity contribution in [2.24, 2.45) is 0 Å². The fraction of sp³-hybridized carbons (Fsp3) is 0.278. The number of carbonyl (C=O) groups is 1. The molecule has 118 valence electrons. The van der Waals surface area contributed by atoms with Gasteiger partial charge in [0.1, 0.15) is 11.5 Å². The number of amides is 1. The molecule has 0 aromatic heterocycles. The van der Waals surface area contributed by atoms with Gasteiger partial charge in [0.15, 0.2) is 0 Å². The second kappa shape index (κ2) is 5.78. The number of hydrogen-bond acceptors (Lipinski definition) is 3. The van der Waals surface area contributed by atoms with E-state index in [4.69, 9.17) is 21.1 Å². The van der Waals surface area contributed by atoms with Crippen molar-refractivity contribution >= 4 is 23.2 Å². The molecule has 4 nitrogen and oxygen atoms in total. The monoisotopic (exact) mass is 329 g/mol. The van der Waals surface area contributed by atoms with Gasteiger partial charge in [0, 0.05) is 40.2 Å². The number of nitrogens with one attached hydrogen (secondary N) is 1. The van der Waals surface area contributed by atoms with Crippen molar-refractivity contribution in [3.8, 4) is 11.5 Å². The van der Waals surface area contributed by atoms with Gasteiger partial charge >= 0.3 is 0 Å². The SMILES string of the molecule is O=C(Cc1c2c(cc3c1OCC3)OCC2)Nc1cccc(Cl)c1. The maximum atomic E-state index is 12.4. The van der Waals surface area contributed by atoms with Gasteiger partial charge in [-0.15, -0.1) is 0 Å². The third-order valence-electron chi connectivity index (χ3n) is 4.21. The molecule has 0 fully saturated rings. The maximum absolute atomic E-state index is 12.4. The first-order valence-electron chi connectivity index (χ1n) is 7.69. The second-order valence-electron chi connectivity index (χ2n) is 5.75. The first-order valence-corrected chi connectivity index (χ1v) is 8.07. The molecular weight excluding hydrogens is 314 g/mol. The molecule has 0 bridgehead atoms. The number of fused-ring (bicyclic) bond motifs is 2. The van der Waals surface area contributed by atoms with E-state index in [1.54, 1.807) is 12.1 Å². The van der Waals surface area contributed by atoms with Crippen molar-refractivity contribution in [3.05, 3.63) is 52.0 Å². The van der Waals surface area contributed by atoms with Crippen LogP contribution in [0, 0.1) is 0 Å². The van der Waals surface area contributed by atoms with Gasteiger partial charge in [-0.3, -0.25) is 4.79 Å². The van der Waals surface area contributed by atoms with Crippen LogP contribution in [0.3, 0.4) is 0 Å². The van der Waals surface area contributed by atoms with E-state index in [2.05, 4.69) is 11.4 Å². The third-order valence-corrected chi connectivity index (χ3v) is 4.44. The number of rotatable bonds is 3. The molecule has 0 aliphatic carbocycles. The predicted octanol–water partition coefficient (Wildman–Crippen LogP) is 3.39. The molecule has 1 N–H and O–H groups in total. The summed E-state index contributed by atoms with van der Waals surface area (Å²) in [6.07, 6.45) is 1.97. The Labute approximate surface area is 139 Å². The normalized spacial score (nSPS) is 14.7. The van der Waals surface area contributed by atoms with Crippen LogP contribution in [0.25, 0.3) is 0 Å². The lowest BCUT2D eigenvalue weighted by Gasteiger charge is -2.13. The Kier molecular flexibility index (Phi) is 3.62. The maximum Gasteiger partial charge on any atom is 0.228 e. The summed E-state index contributed by atoms with van der Waals surface area (Å²) in [5.74, 6) is 1.69. The second-order valence-corrected chi connectivity index (χ2v) is 6.19. The molecular formula is C18H16ClNO3. The fourth-order valence-corrected chi connectivity index (χ4v) is 3.39. The molecule has 2 heterocycles. The van der Waals surface area contributed by atoms with Crippen LogP contribution < -0.4 is 14.8 Å². The van der Waals surface area contributed by atoms with E-state index in [1.165, 1.54) is 0 Å². The number of halogens is 1. The number of hydrogen-bond donors (Lipinski definition) is 1. The number of ether oxygens (including phenoxy) is 2. The number of carbonyl (C=O) groups excluding carboxylic acids is 1. The lowest BCUT2D eigenvalue weighted by Crippen LogP contribution is -2.16. The van der Waals surface area contributed by atoms with E-state index < -0.39 is 0 Å². The van der Waals surface area contributed by atoms with Gasteiger partial charge in [0.05, 0.1) is 19.6 Å². The largest absolute Gasteiger partial charge is 0.493 e. The quantitative estimate of drug-likeness (QED) is 0.939. The van der Waals surface area contributed by atoms with Crippen LogP contribution in [0.5, 0.6) is 11.5 Å². The Bertz CT molecular complexity index is 756. The van der Waals surface area contributed by atoms with Gasteiger partial charge in [-0.2, -0.15) is 0 Å². The van der Waals surface area contributed by atoms with E-state index in [1.807, 2.05) is 12.1 Å².